The average molecular weight is 402 g/mol. The van der Waals surface area contributed by atoms with E-state index >= 15 is 0 Å². The lowest BCUT2D eigenvalue weighted by Crippen LogP contribution is -2.29. The molecule has 0 radical (unpaired) electrons. The first-order valence-corrected chi connectivity index (χ1v) is 11.3. The second-order valence-corrected chi connectivity index (χ2v) is 8.76. The lowest BCUT2D eigenvalue weighted by atomic mass is 9.86. The van der Waals surface area contributed by atoms with Crippen LogP contribution in [0.4, 0.5) is 5.69 Å². The van der Waals surface area contributed by atoms with Crippen molar-refractivity contribution in [3.05, 3.63) is 65.2 Å². The van der Waals surface area contributed by atoms with Crippen molar-refractivity contribution < 1.29 is 4.79 Å². The zero-order chi connectivity index (χ0) is 20.8. The van der Waals surface area contributed by atoms with E-state index in [0.29, 0.717) is 11.5 Å². The molecule has 4 nitrogen and oxygen atoms in total. The normalized spacial score (nSPS) is 18.6. The van der Waals surface area contributed by atoms with Gasteiger partial charge in [-0.3, -0.25) is 9.69 Å². The van der Waals surface area contributed by atoms with Gasteiger partial charge in [-0.15, -0.1) is 0 Å². The van der Waals surface area contributed by atoms with Gasteiger partial charge in [-0.25, -0.2) is 0 Å². The van der Waals surface area contributed by atoms with E-state index in [4.69, 9.17) is 0 Å². The van der Waals surface area contributed by atoms with Crippen LogP contribution in [-0.2, 0) is 6.54 Å². The number of benzene rings is 2. The van der Waals surface area contributed by atoms with Gasteiger partial charge in [0.2, 0.25) is 0 Å². The van der Waals surface area contributed by atoms with Crippen molar-refractivity contribution in [3.8, 4) is 6.07 Å². The summed E-state index contributed by atoms with van der Waals surface area (Å²) < 4.78 is 0. The van der Waals surface area contributed by atoms with Crippen molar-refractivity contribution in [1.29, 1.82) is 5.26 Å². The third-order valence-corrected chi connectivity index (χ3v) is 6.61. The first-order chi connectivity index (χ1) is 14.7. The summed E-state index contributed by atoms with van der Waals surface area (Å²) in [5.41, 5.74) is 3.75. The van der Waals surface area contributed by atoms with Crippen molar-refractivity contribution in [1.82, 2.24) is 4.90 Å². The van der Waals surface area contributed by atoms with Crippen molar-refractivity contribution in [2.45, 2.75) is 57.4 Å². The van der Waals surface area contributed by atoms with Crippen molar-refractivity contribution >= 4 is 11.6 Å². The Labute approximate surface area is 179 Å². The Kier molecular flexibility index (Phi) is 6.81. The number of amides is 1. The van der Waals surface area contributed by atoms with Gasteiger partial charge in [-0.05, 0) is 80.1 Å². The van der Waals surface area contributed by atoms with Gasteiger partial charge in [0.05, 0.1) is 12.0 Å². The van der Waals surface area contributed by atoms with Gasteiger partial charge < -0.3 is 5.32 Å². The molecule has 156 valence electrons. The second-order valence-electron chi connectivity index (χ2n) is 8.76. The van der Waals surface area contributed by atoms with Crippen LogP contribution in [0.15, 0.2) is 48.5 Å². The first-order valence-electron chi connectivity index (χ1n) is 11.3. The summed E-state index contributed by atoms with van der Waals surface area (Å²) in [7, 11) is 0. The van der Waals surface area contributed by atoms with E-state index in [0.717, 1.165) is 30.6 Å². The number of hydrogen-bond acceptors (Lipinski definition) is 3. The minimum Gasteiger partial charge on any atom is -0.322 e. The number of nitrogens with one attached hydrogen (secondary N) is 1. The van der Waals surface area contributed by atoms with E-state index in [1.807, 2.05) is 36.4 Å². The molecule has 0 spiro atoms. The lowest BCUT2D eigenvalue weighted by molar-refractivity contribution is 0.102. The van der Waals surface area contributed by atoms with Gasteiger partial charge in [-0.2, -0.15) is 5.26 Å². The summed E-state index contributed by atoms with van der Waals surface area (Å²) in [5, 5.41) is 12.6. The van der Waals surface area contributed by atoms with E-state index in [1.54, 1.807) is 0 Å². The Hall–Kier alpha value is -2.64. The fraction of sp³-hybridized carbons (Fsp3) is 0.462. The second kappa shape index (κ2) is 9.91. The molecule has 1 saturated heterocycles. The van der Waals surface area contributed by atoms with E-state index in [-0.39, 0.29) is 11.8 Å². The SMILES string of the molecule is N#CC(c1ccc(NC(=O)c2ccc(CN3CCCCC3)cc2)cc1)C1CCCC1. The summed E-state index contributed by atoms with van der Waals surface area (Å²) in [5.74, 6) is 0.337. The van der Waals surface area contributed by atoms with Crippen LogP contribution in [0.2, 0.25) is 0 Å². The summed E-state index contributed by atoms with van der Waals surface area (Å²) in [6, 6.07) is 18.2. The molecular formula is C26H31N3O. The Bertz CT molecular complexity index is 870. The fourth-order valence-corrected chi connectivity index (χ4v) is 4.86. The standard InChI is InChI=1S/C26H31N3O/c27-18-25(21-6-2-3-7-21)22-12-14-24(15-13-22)28-26(30)23-10-8-20(9-11-23)19-29-16-4-1-5-17-29/h8-15,21,25H,1-7,16-17,19H2,(H,28,30). The molecule has 2 aromatic carbocycles. The van der Waals surface area contributed by atoms with Crippen LogP contribution in [0.25, 0.3) is 0 Å². The smallest absolute Gasteiger partial charge is 0.255 e. The Balaban J connectivity index is 1.34. The number of likely N-dealkylation sites (tertiary alicyclic amines) is 1. The minimum atomic E-state index is -0.0973. The van der Waals surface area contributed by atoms with Crippen LogP contribution in [-0.4, -0.2) is 23.9 Å². The number of anilines is 1. The number of nitrogens with zero attached hydrogens (tertiary/aromatic N) is 2. The number of rotatable bonds is 6. The van der Waals surface area contributed by atoms with E-state index in [1.165, 1.54) is 50.8 Å². The molecule has 1 amide bonds. The molecule has 4 rings (SSSR count). The molecule has 2 aliphatic rings. The van der Waals surface area contributed by atoms with Crippen LogP contribution in [0.3, 0.4) is 0 Å². The van der Waals surface area contributed by atoms with Crippen molar-refractivity contribution in [2.24, 2.45) is 5.92 Å². The minimum absolute atomic E-state index is 0.0373. The Morgan fingerprint density at radius 1 is 0.967 bits per heavy atom. The molecule has 1 unspecified atom stereocenters. The lowest BCUT2D eigenvalue weighted by Gasteiger charge is -2.26. The molecule has 2 aromatic rings. The molecule has 1 atom stereocenters. The molecule has 1 saturated carbocycles. The summed E-state index contributed by atoms with van der Waals surface area (Å²) >= 11 is 0. The highest BCUT2D eigenvalue weighted by Crippen LogP contribution is 2.37. The average Bonchev–Trinajstić information content (AvgIpc) is 3.31. The van der Waals surface area contributed by atoms with Crippen LogP contribution < -0.4 is 5.32 Å². The van der Waals surface area contributed by atoms with E-state index in [9.17, 15) is 10.1 Å². The zero-order valence-electron chi connectivity index (χ0n) is 17.6. The number of nitriles is 1. The molecule has 2 fully saturated rings. The topological polar surface area (TPSA) is 56.1 Å². The highest BCUT2D eigenvalue weighted by molar-refractivity contribution is 6.04. The summed E-state index contributed by atoms with van der Waals surface area (Å²) in [6.07, 6.45) is 8.66. The molecule has 0 bridgehead atoms. The van der Waals surface area contributed by atoms with Crippen LogP contribution in [0.5, 0.6) is 0 Å². The predicted molar refractivity (Wildman–Crippen MR) is 120 cm³/mol. The molecule has 0 aromatic heterocycles. The number of hydrogen-bond donors (Lipinski definition) is 1. The number of carbonyl (C=O) groups is 1. The zero-order valence-corrected chi connectivity index (χ0v) is 17.6. The Morgan fingerprint density at radius 2 is 1.63 bits per heavy atom. The number of carbonyl (C=O) groups excluding carboxylic acids is 1. The van der Waals surface area contributed by atoms with Gasteiger partial charge in [-0.1, -0.05) is 43.5 Å². The van der Waals surface area contributed by atoms with Crippen molar-refractivity contribution in [2.75, 3.05) is 18.4 Å². The maximum atomic E-state index is 12.6. The molecule has 30 heavy (non-hydrogen) atoms. The third kappa shape index (κ3) is 5.09. The molecule has 1 N–H and O–H groups in total. The van der Waals surface area contributed by atoms with Crippen LogP contribution in [0, 0.1) is 17.2 Å². The van der Waals surface area contributed by atoms with Gasteiger partial charge in [0.1, 0.15) is 0 Å². The quantitative estimate of drug-likeness (QED) is 0.673. The van der Waals surface area contributed by atoms with Crippen molar-refractivity contribution in [3.63, 3.8) is 0 Å². The maximum absolute atomic E-state index is 12.6. The largest absolute Gasteiger partial charge is 0.322 e. The van der Waals surface area contributed by atoms with Gasteiger partial charge in [0.15, 0.2) is 0 Å². The molecule has 1 aliphatic heterocycles. The summed E-state index contributed by atoms with van der Waals surface area (Å²) in [4.78, 5) is 15.1. The number of piperidine rings is 1. The Morgan fingerprint density at radius 3 is 2.27 bits per heavy atom. The third-order valence-electron chi connectivity index (χ3n) is 6.61. The summed E-state index contributed by atoms with van der Waals surface area (Å²) in [6.45, 7) is 3.31. The maximum Gasteiger partial charge on any atom is 0.255 e. The molecule has 1 heterocycles. The fourth-order valence-electron chi connectivity index (χ4n) is 4.86. The van der Waals surface area contributed by atoms with E-state index < -0.39 is 0 Å². The monoisotopic (exact) mass is 401 g/mol. The molecular weight excluding hydrogens is 370 g/mol. The predicted octanol–water partition coefficient (Wildman–Crippen LogP) is 5.72. The highest BCUT2D eigenvalue weighted by Gasteiger charge is 2.26. The van der Waals surface area contributed by atoms with E-state index in [2.05, 4.69) is 28.4 Å². The van der Waals surface area contributed by atoms with Crippen LogP contribution in [0.1, 0.15) is 72.3 Å². The van der Waals surface area contributed by atoms with Gasteiger partial charge >= 0.3 is 0 Å². The van der Waals surface area contributed by atoms with Gasteiger partial charge in [0.25, 0.3) is 5.91 Å². The first kappa shape index (κ1) is 20.6. The van der Waals surface area contributed by atoms with Gasteiger partial charge in [0, 0.05) is 17.8 Å². The highest BCUT2D eigenvalue weighted by atomic mass is 16.1. The molecule has 1 aliphatic carbocycles. The van der Waals surface area contributed by atoms with Crippen LogP contribution >= 0.6 is 0 Å². The molecule has 4 heteroatoms.